The number of thioether (sulfide) groups is 1. The molecular formula is C23H29N5O2S. The number of nitrogens with zero attached hydrogens (tertiary/aromatic N) is 3. The first-order valence-electron chi connectivity index (χ1n) is 10.3. The smallest absolute Gasteiger partial charge is 0.252 e. The fourth-order valence-electron chi connectivity index (χ4n) is 2.99. The van der Waals surface area contributed by atoms with Gasteiger partial charge in [0, 0.05) is 33.4 Å². The number of aryl methyl sites for hydroxylation is 1. The summed E-state index contributed by atoms with van der Waals surface area (Å²) in [6.45, 7) is 12.2. The second kappa shape index (κ2) is 9.09. The Morgan fingerprint density at radius 3 is 2.45 bits per heavy atom. The maximum Gasteiger partial charge on any atom is 0.252 e. The first-order valence-corrected chi connectivity index (χ1v) is 11.1. The van der Waals surface area contributed by atoms with E-state index >= 15 is 0 Å². The summed E-state index contributed by atoms with van der Waals surface area (Å²) in [7, 11) is 0. The molecule has 0 unspecified atom stereocenters. The molecule has 0 aliphatic rings. The molecule has 0 atom stereocenters. The summed E-state index contributed by atoms with van der Waals surface area (Å²) in [5, 5.41) is 8.04. The van der Waals surface area contributed by atoms with E-state index in [1.165, 1.54) is 15.6 Å². The summed E-state index contributed by atoms with van der Waals surface area (Å²) in [6, 6.07) is 11.3. The lowest BCUT2D eigenvalue weighted by Crippen LogP contribution is -2.20. The number of rotatable bonds is 6. The molecule has 2 heterocycles. The second-order valence-electron chi connectivity index (χ2n) is 8.82. The van der Waals surface area contributed by atoms with Crippen molar-refractivity contribution < 1.29 is 4.79 Å². The highest BCUT2D eigenvalue weighted by atomic mass is 32.2. The van der Waals surface area contributed by atoms with Crippen molar-refractivity contribution in [3.05, 3.63) is 63.7 Å². The van der Waals surface area contributed by atoms with Gasteiger partial charge in [-0.2, -0.15) is 9.78 Å². The number of carbonyl (C=O) groups excluding carboxylic acids is 1. The fourth-order valence-corrected chi connectivity index (χ4v) is 3.83. The zero-order chi connectivity index (χ0) is 22.8. The third kappa shape index (κ3) is 6.07. The fraction of sp³-hybridized carbons (Fsp3) is 0.391. The van der Waals surface area contributed by atoms with Gasteiger partial charge in [-0.3, -0.25) is 14.6 Å². The van der Waals surface area contributed by atoms with Crippen LogP contribution in [0.2, 0.25) is 0 Å². The quantitative estimate of drug-likeness (QED) is 0.560. The van der Waals surface area contributed by atoms with Crippen molar-refractivity contribution in [1.29, 1.82) is 0 Å². The molecule has 1 aromatic carbocycles. The molecule has 0 saturated heterocycles. The Hall–Kier alpha value is -2.87. The zero-order valence-corrected chi connectivity index (χ0v) is 19.6. The van der Waals surface area contributed by atoms with E-state index in [1.807, 2.05) is 51.1 Å². The Kier molecular flexibility index (Phi) is 6.69. The number of hydrogen-bond acceptors (Lipinski definition) is 5. The molecule has 0 aliphatic heterocycles. The molecule has 3 aromatic rings. The molecule has 0 aliphatic carbocycles. The van der Waals surface area contributed by atoms with Gasteiger partial charge in [-0.1, -0.05) is 46.8 Å². The van der Waals surface area contributed by atoms with E-state index in [0.717, 1.165) is 11.3 Å². The van der Waals surface area contributed by atoms with Crippen LogP contribution in [-0.4, -0.2) is 30.9 Å². The summed E-state index contributed by atoms with van der Waals surface area (Å²) < 4.78 is 1.48. The molecule has 31 heavy (non-hydrogen) atoms. The van der Waals surface area contributed by atoms with E-state index in [0.29, 0.717) is 16.8 Å². The van der Waals surface area contributed by atoms with E-state index in [4.69, 9.17) is 0 Å². The highest BCUT2D eigenvalue weighted by Gasteiger charge is 2.22. The summed E-state index contributed by atoms with van der Waals surface area (Å²) >= 11 is 1.79. The Bertz CT molecular complexity index is 1120. The highest BCUT2D eigenvalue weighted by molar-refractivity contribution is 7.99. The maximum atomic E-state index is 12.8. The molecule has 164 valence electrons. The van der Waals surface area contributed by atoms with Crippen molar-refractivity contribution in [2.24, 2.45) is 0 Å². The molecule has 0 saturated carbocycles. The summed E-state index contributed by atoms with van der Waals surface area (Å²) in [5.41, 5.74) is 1.77. The molecule has 0 bridgehead atoms. The number of amides is 1. The topological polar surface area (TPSA) is 92.7 Å². The van der Waals surface area contributed by atoms with Crippen LogP contribution in [-0.2, 0) is 16.6 Å². The van der Waals surface area contributed by atoms with Crippen molar-refractivity contribution in [2.75, 3.05) is 5.32 Å². The van der Waals surface area contributed by atoms with Gasteiger partial charge in [0.2, 0.25) is 11.9 Å². The minimum atomic E-state index is -0.271. The summed E-state index contributed by atoms with van der Waals surface area (Å²) in [4.78, 5) is 33.0. The van der Waals surface area contributed by atoms with Crippen LogP contribution in [0.25, 0.3) is 5.95 Å². The lowest BCUT2D eigenvalue weighted by Gasteiger charge is -2.13. The summed E-state index contributed by atoms with van der Waals surface area (Å²) in [5.74, 6) is 0.572. The van der Waals surface area contributed by atoms with E-state index in [-0.39, 0.29) is 29.3 Å². The highest BCUT2D eigenvalue weighted by Crippen LogP contribution is 2.26. The molecule has 1 amide bonds. The average molecular weight is 440 g/mol. The van der Waals surface area contributed by atoms with Crippen molar-refractivity contribution in [1.82, 2.24) is 19.7 Å². The lowest BCUT2D eigenvalue weighted by molar-refractivity contribution is -0.115. The average Bonchev–Trinajstić information content (AvgIpc) is 3.06. The van der Waals surface area contributed by atoms with Crippen LogP contribution in [0.3, 0.4) is 0 Å². The summed E-state index contributed by atoms with van der Waals surface area (Å²) in [6.07, 6.45) is 0.237. The van der Waals surface area contributed by atoms with Gasteiger partial charge in [0.05, 0.1) is 12.1 Å². The predicted octanol–water partition coefficient (Wildman–Crippen LogP) is 4.24. The minimum absolute atomic E-state index is 0.166. The second-order valence-corrected chi connectivity index (χ2v) is 10.5. The van der Waals surface area contributed by atoms with Gasteiger partial charge in [0.1, 0.15) is 5.82 Å². The molecule has 0 radical (unpaired) electrons. The van der Waals surface area contributed by atoms with Crippen LogP contribution in [0.15, 0.2) is 46.1 Å². The largest absolute Gasteiger partial charge is 0.310 e. The molecule has 8 heteroatoms. The van der Waals surface area contributed by atoms with E-state index in [9.17, 15) is 9.59 Å². The number of aromatic amines is 1. The molecule has 0 fully saturated rings. The van der Waals surface area contributed by atoms with Crippen molar-refractivity contribution in [3.8, 4) is 5.95 Å². The van der Waals surface area contributed by atoms with Crippen molar-refractivity contribution >= 4 is 23.5 Å². The Morgan fingerprint density at radius 2 is 1.87 bits per heavy atom. The van der Waals surface area contributed by atoms with E-state index in [2.05, 4.69) is 34.2 Å². The SMILES string of the molecule is Cc1cc(=O)[nH]c(-n2nc(C(C)(C)C)cc2NC(=O)Cc2ccc(SC(C)C)cc2)n1. The number of aromatic nitrogens is 4. The van der Waals surface area contributed by atoms with E-state index in [1.54, 1.807) is 18.7 Å². The first kappa shape index (κ1) is 22.8. The Labute approximate surface area is 186 Å². The van der Waals surface area contributed by atoms with Gasteiger partial charge in [0.15, 0.2) is 0 Å². The number of H-pyrrole nitrogens is 1. The molecule has 3 rings (SSSR count). The number of carbonyl (C=O) groups is 1. The molecule has 7 nitrogen and oxygen atoms in total. The zero-order valence-electron chi connectivity index (χ0n) is 18.8. The molecule has 2 N–H and O–H groups in total. The number of anilines is 1. The van der Waals surface area contributed by atoms with Gasteiger partial charge in [-0.05, 0) is 24.6 Å². The van der Waals surface area contributed by atoms with Crippen molar-refractivity contribution in [2.45, 2.75) is 63.5 Å². The normalized spacial score (nSPS) is 11.7. The third-order valence-corrected chi connectivity index (χ3v) is 5.48. The van der Waals surface area contributed by atoms with Crippen LogP contribution < -0.4 is 10.9 Å². The lowest BCUT2D eigenvalue weighted by atomic mass is 9.92. The van der Waals surface area contributed by atoms with Gasteiger partial charge in [-0.25, -0.2) is 4.98 Å². The Balaban J connectivity index is 1.85. The Morgan fingerprint density at radius 1 is 1.19 bits per heavy atom. The first-order chi connectivity index (χ1) is 14.5. The number of nitrogens with one attached hydrogen (secondary N) is 2. The van der Waals surface area contributed by atoms with Gasteiger partial charge in [0.25, 0.3) is 5.56 Å². The third-order valence-electron chi connectivity index (χ3n) is 4.46. The van der Waals surface area contributed by atoms with Crippen LogP contribution in [0.5, 0.6) is 0 Å². The maximum absolute atomic E-state index is 12.8. The molecule has 2 aromatic heterocycles. The van der Waals surface area contributed by atoms with Gasteiger partial charge >= 0.3 is 0 Å². The van der Waals surface area contributed by atoms with Crippen LogP contribution in [0, 0.1) is 6.92 Å². The van der Waals surface area contributed by atoms with Crippen LogP contribution >= 0.6 is 11.8 Å². The number of hydrogen-bond donors (Lipinski definition) is 2. The molecular weight excluding hydrogens is 410 g/mol. The minimum Gasteiger partial charge on any atom is -0.310 e. The van der Waals surface area contributed by atoms with E-state index < -0.39 is 0 Å². The standard InChI is InChI=1S/C23H29N5O2S/c1-14(2)31-17-9-7-16(8-10-17)12-21(30)25-19-13-18(23(4,5)6)27-28(19)22-24-15(3)11-20(29)26-22/h7-11,13-14H,12H2,1-6H3,(H,25,30)(H,24,26,29). The predicted molar refractivity (Wildman–Crippen MR) is 125 cm³/mol. The monoisotopic (exact) mass is 439 g/mol. The number of benzene rings is 1. The van der Waals surface area contributed by atoms with Crippen LogP contribution in [0.4, 0.5) is 5.82 Å². The van der Waals surface area contributed by atoms with Gasteiger partial charge < -0.3 is 5.32 Å². The molecule has 0 spiro atoms. The van der Waals surface area contributed by atoms with Crippen molar-refractivity contribution in [3.63, 3.8) is 0 Å². The van der Waals surface area contributed by atoms with Gasteiger partial charge in [-0.15, -0.1) is 11.8 Å². The van der Waals surface area contributed by atoms with Crippen LogP contribution in [0.1, 0.15) is 51.6 Å².